The normalized spacial score (nSPS) is 11.7. The van der Waals surface area contributed by atoms with Crippen LogP contribution in [-0.2, 0) is 12.5 Å². The summed E-state index contributed by atoms with van der Waals surface area (Å²) in [6, 6.07) is 8.14. The van der Waals surface area contributed by atoms with Crippen LogP contribution in [0, 0.1) is 18.6 Å². The molecule has 0 fully saturated rings. The molecule has 2 aromatic rings. The van der Waals surface area contributed by atoms with Crippen molar-refractivity contribution in [1.29, 1.82) is 0 Å². The van der Waals surface area contributed by atoms with E-state index in [1.54, 1.807) is 6.92 Å². The molecule has 0 aliphatic carbocycles. The smallest absolute Gasteiger partial charge is 0.191 e. The van der Waals surface area contributed by atoms with E-state index in [9.17, 15) is 8.78 Å². The van der Waals surface area contributed by atoms with Gasteiger partial charge in [-0.25, -0.2) is 13.3 Å². The van der Waals surface area contributed by atoms with Gasteiger partial charge < -0.3 is 0 Å². The summed E-state index contributed by atoms with van der Waals surface area (Å²) in [6.45, 7) is 5.64. The van der Waals surface area contributed by atoms with Gasteiger partial charge >= 0.3 is 0 Å². The van der Waals surface area contributed by atoms with E-state index >= 15 is 0 Å². The summed E-state index contributed by atoms with van der Waals surface area (Å²) >= 11 is 0. The van der Waals surface area contributed by atoms with Crippen LogP contribution in [0.1, 0.15) is 30.7 Å². The Balaban J connectivity index is 2.67. The number of pyridine rings is 1. The minimum Gasteiger partial charge on any atom is -0.207 e. The number of benzene rings is 1. The average molecular weight is 262 g/mol. The molecular weight excluding hydrogens is 244 g/mol. The molecule has 0 bridgehead atoms. The Kier molecular flexibility index (Phi) is 3.40. The fraction of sp³-hybridized carbons (Fsp3) is 0.312. The van der Waals surface area contributed by atoms with Gasteiger partial charge in [0, 0.05) is 23.8 Å². The molecule has 1 aromatic carbocycles. The number of nitrogens with zero attached hydrogens (tertiary/aromatic N) is 1. The molecule has 0 radical (unpaired) electrons. The monoisotopic (exact) mass is 262 g/mol. The van der Waals surface area contributed by atoms with Crippen molar-refractivity contribution >= 4 is 0 Å². The first-order valence-electron chi connectivity index (χ1n) is 6.25. The van der Waals surface area contributed by atoms with E-state index in [1.807, 2.05) is 49.9 Å². The summed E-state index contributed by atoms with van der Waals surface area (Å²) in [4.78, 5) is 0. The van der Waals surface area contributed by atoms with Gasteiger partial charge in [0.2, 0.25) is 0 Å². The van der Waals surface area contributed by atoms with Crippen LogP contribution >= 0.6 is 0 Å². The fourth-order valence-corrected chi connectivity index (χ4v) is 2.79. The van der Waals surface area contributed by atoms with Crippen LogP contribution in [0.4, 0.5) is 8.78 Å². The molecule has 1 heterocycles. The minimum atomic E-state index is -0.535. The third-order valence-electron chi connectivity index (χ3n) is 3.57. The molecule has 0 spiro atoms. The second-order valence-electron chi connectivity index (χ2n) is 5.40. The van der Waals surface area contributed by atoms with Gasteiger partial charge in [-0.15, -0.1) is 0 Å². The summed E-state index contributed by atoms with van der Waals surface area (Å²) in [7, 11) is 1.92. The van der Waals surface area contributed by atoms with Crippen LogP contribution in [0.2, 0.25) is 0 Å². The quantitative estimate of drug-likeness (QED) is 0.730. The Hall–Kier alpha value is -1.77. The highest BCUT2D eigenvalue weighted by Gasteiger charge is 2.34. The summed E-state index contributed by atoms with van der Waals surface area (Å²) in [5.41, 5.74) is 1.61. The fourth-order valence-electron chi connectivity index (χ4n) is 2.79. The van der Waals surface area contributed by atoms with Gasteiger partial charge in [0.15, 0.2) is 11.9 Å². The zero-order valence-electron chi connectivity index (χ0n) is 11.7. The van der Waals surface area contributed by atoms with E-state index in [1.165, 1.54) is 6.07 Å². The Morgan fingerprint density at radius 3 is 2.37 bits per heavy atom. The lowest BCUT2D eigenvalue weighted by Crippen LogP contribution is -2.41. The largest absolute Gasteiger partial charge is 0.207 e. The van der Waals surface area contributed by atoms with E-state index in [0.717, 1.165) is 11.8 Å². The number of hydrogen-bond donors (Lipinski definition) is 0. The van der Waals surface area contributed by atoms with Crippen LogP contribution in [0.25, 0.3) is 0 Å². The molecule has 0 atom stereocenters. The van der Waals surface area contributed by atoms with Crippen molar-refractivity contribution in [3.63, 3.8) is 0 Å². The molecule has 1 nitrogen and oxygen atoms in total. The molecule has 0 unspecified atom stereocenters. The third kappa shape index (κ3) is 2.37. The lowest BCUT2D eigenvalue weighted by atomic mass is 9.78. The average Bonchev–Trinajstić information content (AvgIpc) is 2.27. The van der Waals surface area contributed by atoms with Gasteiger partial charge in [-0.2, -0.15) is 0 Å². The zero-order valence-corrected chi connectivity index (χ0v) is 11.7. The van der Waals surface area contributed by atoms with Crippen molar-refractivity contribution in [2.75, 3.05) is 0 Å². The Morgan fingerprint density at radius 2 is 1.79 bits per heavy atom. The zero-order chi connectivity index (χ0) is 14.2. The highest BCUT2D eigenvalue weighted by Crippen LogP contribution is 2.33. The molecule has 0 aliphatic heterocycles. The predicted molar refractivity (Wildman–Crippen MR) is 70.8 cm³/mol. The first-order valence-corrected chi connectivity index (χ1v) is 6.25. The van der Waals surface area contributed by atoms with Crippen molar-refractivity contribution in [2.24, 2.45) is 7.05 Å². The summed E-state index contributed by atoms with van der Waals surface area (Å²) < 4.78 is 29.4. The maximum absolute atomic E-state index is 14.2. The lowest BCUT2D eigenvalue weighted by molar-refractivity contribution is -0.682. The molecule has 1 aromatic heterocycles. The van der Waals surface area contributed by atoms with Crippen molar-refractivity contribution < 1.29 is 13.3 Å². The number of aromatic nitrogens is 1. The Labute approximate surface area is 112 Å². The van der Waals surface area contributed by atoms with Crippen molar-refractivity contribution in [3.8, 4) is 0 Å². The molecule has 100 valence electrons. The SMILES string of the molecule is Cc1cc(F)cc(F)c1C(C)(C)c1cccc[n+]1C. The first-order chi connectivity index (χ1) is 8.84. The van der Waals surface area contributed by atoms with E-state index < -0.39 is 17.0 Å². The van der Waals surface area contributed by atoms with Crippen LogP contribution in [0.3, 0.4) is 0 Å². The molecule has 0 N–H and O–H groups in total. The standard InChI is InChI=1S/C16H18F2N/c1-11-9-12(17)10-13(18)15(11)16(2,3)14-7-5-6-8-19(14)4/h5-10H,1-4H3/q+1. The number of halogens is 2. The number of aryl methyl sites for hydroxylation is 2. The highest BCUT2D eigenvalue weighted by atomic mass is 19.1. The van der Waals surface area contributed by atoms with E-state index in [2.05, 4.69) is 0 Å². The minimum absolute atomic E-state index is 0.494. The van der Waals surface area contributed by atoms with E-state index in [-0.39, 0.29) is 0 Å². The number of hydrogen-bond acceptors (Lipinski definition) is 0. The first kappa shape index (κ1) is 13.7. The molecule has 0 saturated carbocycles. The Bertz CT molecular complexity index is 595. The predicted octanol–water partition coefficient (Wildman–Crippen LogP) is 3.42. The molecule has 19 heavy (non-hydrogen) atoms. The summed E-state index contributed by atoms with van der Waals surface area (Å²) in [5.74, 6) is -1.03. The summed E-state index contributed by atoms with van der Waals surface area (Å²) in [6.07, 6.45) is 1.92. The molecule has 0 aliphatic rings. The van der Waals surface area contributed by atoms with Crippen LogP contribution in [0.5, 0.6) is 0 Å². The van der Waals surface area contributed by atoms with E-state index in [4.69, 9.17) is 0 Å². The van der Waals surface area contributed by atoms with Crippen LogP contribution < -0.4 is 4.57 Å². The third-order valence-corrected chi connectivity index (χ3v) is 3.57. The molecule has 0 amide bonds. The van der Waals surface area contributed by atoms with Crippen LogP contribution in [0.15, 0.2) is 36.5 Å². The topological polar surface area (TPSA) is 3.88 Å². The maximum Gasteiger partial charge on any atom is 0.191 e. The van der Waals surface area contributed by atoms with Gasteiger partial charge in [0.1, 0.15) is 18.7 Å². The lowest BCUT2D eigenvalue weighted by Gasteiger charge is -2.25. The Morgan fingerprint density at radius 1 is 1.11 bits per heavy atom. The van der Waals surface area contributed by atoms with Gasteiger partial charge in [0.25, 0.3) is 0 Å². The molecule has 2 rings (SSSR count). The second kappa shape index (κ2) is 4.72. The van der Waals surface area contributed by atoms with E-state index in [0.29, 0.717) is 11.1 Å². The van der Waals surface area contributed by atoms with Gasteiger partial charge in [0.05, 0.1) is 5.41 Å². The second-order valence-corrected chi connectivity index (χ2v) is 5.40. The van der Waals surface area contributed by atoms with Crippen molar-refractivity contribution in [3.05, 3.63) is 65.0 Å². The maximum atomic E-state index is 14.2. The number of rotatable bonds is 2. The van der Waals surface area contributed by atoms with Gasteiger partial charge in [-0.05, 0) is 32.4 Å². The molecular formula is C16H18F2N+. The van der Waals surface area contributed by atoms with Crippen LogP contribution in [-0.4, -0.2) is 0 Å². The molecule has 3 heteroatoms. The van der Waals surface area contributed by atoms with Gasteiger partial charge in [-0.1, -0.05) is 6.07 Å². The highest BCUT2D eigenvalue weighted by molar-refractivity contribution is 5.39. The van der Waals surface area contributed by atoms with Crippen molar-refractivity contribution in [1.82, 2.24) is 0 Å². The summed E-state index contributed by atoms with van der Waals surface area (Å²) in [5, 5.41) is 0. The molecule has 0 saturated heterocycles. The van der Waals surface area contributed by atoms with Crippen molar-refractivity contribution in [2.45, 2.75) is 26.2 Å². The van der Waals surface area contributed by atoms with Gasteiger partial charge in [-0.3, -0.25) is 0 Å².